The molecule has 14 heteroatoms. The summed E-state index contributed by atoms with van der Waals surface area (Å²) >= 11 is 2.52. The first kappa shape index (κ1) is 22.9. The number of aromatic nitrogens is 3. The van der Waals surface area contributed by atoms with E-state index in [-0.39, 0.29) is 22.2 Å². The number of amides is 2. The monoisotopic (exact) mass is 514 g/mol. The van der Waals surface area contributed by atoms with Gasteiger partial charge in [-0.3, -0.25) is 14.5 Å². The van der Waals surface area contributed by atoms with Crippen molar-refractivity contribution in [3.8, 4) is 0 Å². The lowest BCUT2D eigenvalue weighted by atomic mass is 10.0. The second kappa shape index (κ2) is 9.03. The standard InChI is InChI=1S/C21H19N7O5S2/c1-33-26-13(12-9-35-21(22)24-12)17(29)25-14-18(30)28-15(20(31)32)11(8-34-19(14)28)7-27-6-2-3-10-4-5-23-16(10)27/h2-6,9,14,19H,7-8H2,1H3,(H4,22,24,25,29,31,32)/p+1/b26-13-/t14-,19-/m1/s1. The van der Waals surface area contributed by atoms with Gasteiger partial charge in [-0.2, -0.15) is 0 Å². The number of oxime groups is 1. The summed E-state index contributed by atoms with van der Waals surface area (Å²) < 4.78 is 1.91. The van der Waals surface area contributed by atoms with Crippen LogP contribution in [0.25, 0.3) is 11.0 Å². The predicted octanol–water partition coefficient (Wildman–Crippen LogP) is 0.283. The van der Waals surface area contributed by atoms with Crippen molar-refractivity contribution in [2.45, 2.75) is 18.0 Å². The fraction of sp³-hybridized carbons (Fsp3) is 0.238. The van der Waals surface area contributed by atoms with Gasteiger partial charge in [0.25, 0.3) is 17.5 Å². The average molecular weight is 515 g/mol. The molecule has 0 bridgehead atoms. The van der Waals surface area contributed by atoms with Crippen LogP contribution < -0.4 is 15.6 Å². The lowest BCUT2D eigenvalue weighted by Crippen LogP contribution is -2.71. The molecule has 2 aliphatic heterocycles. The second-order valence-electron chi connectivity index (χ2n) is 7.73. The number of rotatable bonds is 7. The lowest BCUT2D eigenvalue weighted by molar-refractivity contribution is -0.664. The molecule has 1 saturated heterocycles. The highest BCUT2D eigenvalue weighted by Crippen LogP contribution is 2.40. The Bertz CT molecular complexity index is 1410. The number of aromatic amines is 1. The van der Waals surface area contributed by atoms with E-state index in [9.17, 15) is 19.5 Å². The first-order chi connectivity index (χ1) is 16.9. The molecule has 5 rings (SSSR count). The zero-order chi connectivity index (χ0) is 24.7. The van der Waals surface area contributed by atoms with Crippen LogP contribution in [0.3, 0.4) is 0 Å². The molecule has 0 unspecified atom stereocenters. The fourth-order valence-electron chi connectivity index (χ4n) is 4.13. The van der Waals surface area contributed by atoms with E-state index in [1.54, 1.807) is 5.38 Å². The SMILES string of the molecule is CO/N=C(\C(=O)N[C@@H]1C(=O)N2C(C(=O)O)=C(C[n+]3cccc4cc[nH]c43)CS[C@H]12)c1csc(N)n1. The number of nitrogens with zero attached hydrogens (tertiary/aromatic N) is 4. The van der Waals surface area contributed by atoms with Crippen molar-refractivity contribution >= 4 is 62.8 Å². The molecule has 2 atom stereocenters. The van der Waals surface area contributed by atoms with Crippen LogP contribution in [0.2, 0.25) is 0 Å². The van der Waals surface area contributed by atoms with Gasteiger partial charge in [-0.1, -0.05) is 5.16 Å². The molecular weight excluding hydrogens is 494 g/mol. The predicted molar refractivity (Wildman–Crippen MR) is 128 cm³/mol. The molecule has 3 aromatic rings. The number of hydrogen-bond donors (Lipinski definition) is 4. The quantitative estimate of drug-likeness (QED) is 0.151. The van der Waals surface area contributed by atoms with Crippen molar-refractivity contribution < 1.29 is 28.9 Å². The number of anilines is 1. The molecule has 3 aromatic heterocycles. The van der Waals surface area contributed by atoms with E-state index in [4.69, 9.17) is 10.6 Å². The van der Waals surface area contributed by atoms with Gasteiger partial charge in [-0.25, -0.2) is 19.3 Å². The Morgan fingerprint density at radius 3 is 3.00 bits per heavy atom. The van der Waals surface area contributed by atoms with E-state index in [1.165, 1.54) is 23.8 Å². The van der Waals surface area contributed by atoms with Gasteiger partial charge in [-0.05, 0) is 18.2 Å². The topological polar surface area (TPSA) is 167 Å². The number of β-lactam (4-membered cyclic amide) rings is 1. The van der Waals surface area contributed by atoms with Gasteiger partial charge < -0.3 is 21.0 Å². The van der Waals surface area contributed by atoms with Crippen LogP contribution in [-0.2, 0) is 25.8 Å². The molecule has 5 heterocycles. The van der Waals surface area contributed by atoms with Crippen LogP contribution in [0.15, 0.2) is 52.4 Å². The number of nitrogens with two attached hydrogens (primary N) is 1. The summed E-state index contributed by atoms with van der Waals surface area (Å²) in [5.41, 5.74) is 7.13. The lowest BCUT2D eigenvalue weighted by Gasteiger charge is -2.49. The normalized spacial score (nSPS) is 20.0. The Kier molecular flexibility index (Phi) is 5.90. The summed E-state index contributed by atoms with van der Waals surface area (Å²) in [6, 6.07) is 4.84. The molecule has 0 aliphatic carbocycles. The Hall–Kier alpha value is -3.91. The first-order valence-electron chi connectivity index (χ1n) is 10.4. The number of carboxylic acid groups (broad SMARTS) is 1. The van der Waals surface area contributed by atoms with Gasteiger partial charge in [0.1, 0.15) is 36.5 Å². The summed E-state index contributed by atoms with van der Waals surface area (Å²) in [4.78, 5) is 51.3. The van der Waals surface area contributed by atoms with Crippen molar-refractivity contribution in [3.63, 3.8) is 0 Å². The van der Waals surface area contributed by atoms with Gasteiger partial charge in [0, 0.05) is 16.7 Å². The van der Waals surface area contributed by atoms with Crippen molar-refractivity contribution in [2.24, 2.45) is 5.16 Å². The van der Waals surface area contributed by atoms with Crippen LogP contribution in [0, 0.1) is 0 Å². The number of carbonyl (C=O) groups excluding carboxylic acids is 2. The molecule has 2 amide bonds. The number of carboxylic acids is 1. The molecule has 0 radical (unpaired) electrons. The number of nitrogens with one attached hydrogen (secondary N) is 2. The minimum absolute atomic E-state index is 0.0571. The maximum absolute atomic E-state index is 13.0. The van der Waals surface area contributed by atoms with Crippen LogP contribution in [-0.4, -0.2) is 67.7 Å². The van der Waals surface area contributed by atoms with Gasteiger partial charge >= 0.3 is 5.97 Å². The molecule has 2 aliphatic rings. The van der Waals surface area contributed by atoms with E-state index < -0.39 is 29.2 Å². The van der Waals surface area contributed by atoms with Gasteiger partial charge in [0.15, 0.2) is 10.8 Å². The van der Waals surface area contributed by atoms with Crippen LogP contribution in [0.4, 0.5) is 5.13 Å². The van der Waals surface area contributed by atoms with Crippen molar-refractivity contribution in [1.82, 2.24) is 20.2 Å². The largest absolute Gasteiger partial charge is 0.477 e. The minimum atomic E-state index is -1.19. The van der Waals surface area contributed by atoms with E-state index in [1.807, 2.05) is 35.2 Å². The third kappa shape index (κ3) is 4.00. The van der Waals surface area contributed by atoms with E-state index in [2.05, 4.69) is 20.4 Å². The number of aliphatic carboxylic acids is 1. The zero-order valence-corrected chi connectivity index (χ0v) is 19.9. The number of pyridine rings is 1. The number of nitrogen functional groups attached to an aromatic ring is 1. The fourth-order valence-corrected chi connectivity index (χ4v) is 6.01. The van der Waals surface area contributed by atoms with Gasteiger partial charge in [0.2, 0.25) is 0 Å². The molecule has 35 heavy (non-hydrogen) atoms. The number of fused-ring (bicyclic) bond motifs is 2. The molecule has 5 N–H and O–H groups in total. The second-order valence-corrected chi connectivity index (χ2v) is 9.72. The molecule has 0 spiro atoms. The summed E-state index contributed by atoms with van der Waals surface area (Å²) in [6.07, 6.45) is 3.66. The minimum Gasteiger partial charge on any atom is -0.477 e. The molecule has 180 valence electrons. The van der Waals surface area contributed by atoms with Crippen molar-refractivity contribution in [1.29, 1.82) is 0 Å². The van der Waals surface area contributed by atoms with Crippen LogP contribution >= 0.6 is 23.1 Å². The Morgan fingerprint density at radius 2 is 2.29 bits per heavy atom. The Morgan fingerprint density at radius 1 is 1.46 bits per heavy atom. The van der Waals surface area contributed by atoms with Gasteiger partial charge in [0.05, 0.1) is 17.8 Å². The molecule has 0 saturated carbocycles. The number of thiazole rings is 1. The molecule has 0 aromatic carbocycles. The van der Waals surface area contributed by atoms with Crippen LogP contribution in [0.1, 0.15) is 5.69 Å². The Labute approximate surface area is 206 Å². The number of carbonyl (C=O) groups is 3. The third-order valence-corrected chi connectivity index (χ3v) is 7.66. The van der Waals surface area contributed by atoms with E-state index in [0.717, 1.165) is 22.4 Å². The smallest absolute Gasteiger partial charge is 0.352 e. The summed E-state index contributed by atoms with van der Waals surface area (Å²) in [6.45, 7) is 0.301. The van der Waals surface area contributed by atoms with Crippen LogP contribution in [0.5, 0.6) is 0 Å². The maximum Gasteiger partial charge on any atom is 0.352 e. The van der Waals surface area contributed by atoms with Crippen molar-refractivity contribution in [3.05, 3.63) is 52.9 Å². The summed E-state index contributed by atoms with van der Waals surface area (Å²) in [5, 5.41) is 18.6. The highest BCUT2D eigenvalue weighted by Gasteiger charge is 2.54. The molecular formula is C21H20N7O5S2+. The molecule has 12 nitrogen and oxygen atoms in total. The van der Waals surface area contributed by atoms with Gasteiger partial charge in [-0.15, -0.1) is 23.1 Å². The molecule has 1 fully saturated rings. The number of thioether (sulfide) groups is 1. The highest BCUT2D eigenvalue weighted by atomic mass is 32.2. The van der Waals surface area contributed by atoms with E-state index >= 15 is 0 Å². The van der Waals surface area contributed by atoms with Crippen molar-refractivity contribution in [2.75, 3.05) is 18.6 Å². The Balaban J connectivity index is 1.38. The average Bonchev–Trinajstić information content (AvgIpc) is 3.49. The highest BCUT2D eigenvalue weighted by molar-refractivity contribution is 8.00. The first-order valence-corrected chi connectivity index (χ1v) is 12.3. The summed E-state index contributed by atoms with van der Waals surface area (Å²) in [7, 11) is 1.29. The summed E-state index contributed by atoms with van der Waals surface area (Å²) in [5.74, 6) is -1.99. The number of H-pyrrole nitrogens is 1. The van der Waals surface area contributed by atoms with E-state index in [0.29, 0.717) is 17.9 Å². The number of hydrogen-bond acceptors (Lipinski definition) is 9. The maximum atomic E-state index is 13.0. The zero-order valence-electron chi connectivity index (χ0n) is 18.3. The third-order valence-electron chi connectivity index (χ3n) is 5.65.